The van der Waals surface area contributed by atoms with Crippen LogP contribution in [0.15, 0.2) is 28.5 Å². The van der Waals surface area contributed by atoms with E-state index in [4.69, 9.17) is 11.0 Å². The van der Waals surface area contributed by atoms with Crippen LogP contribution in [0.5, 0.6) is 0 Å². The average Bonchev–Trinajstić information content (AvgIpc) is 2.80. The van der Waals surface area contributed by atoms with Crippen molar-refractivity contribution in [2.24, 2.45) is 0 Å². The Morgan fingerprint density at radius 3 is 2.80 bits per heavy atom. The second-order valence-corrected chi connectivity index (χ2v) is 6.57. The third kappa shape index (κ3) is 2.59. The number of anilines is 2. The number of nitrogens with two attached hydrogens (primary N) is 1. The lowest BCUT2D eigenvalue weighted by Gasteiger charge is -2.10. The van der Waals surface area contributed by atoms with Crippen molar-refractivity contribution in [3.05, 3.63) is 40.5 Å². The predicted octanol–water partition coefficient (Wildman–Crippen LogP) is 2.45. The molecule has 0 saturated heterocycles. The summed E-state index contributed by atoms with van der Waals surface area (Å²) in [5.74, 6) is -0.697. The molecule has 1 heterocycles. The van der Waals surface area contributed by atoms with Crippen LogP contribution in [0.1, 0.15) is 11.1 Å². The Morgan fingerprint density at radius 1 is 1.45 bits per heavy atom. The van der Waals surface area contributed by atoms with E-state index in [0.29, 0.717) is 0 Å². The van der Waals surface area contributed by atoms with Gasteiger partial charge in [0.25, 0.3) is 10.0 Å². The van der Waals surface area contributed by atoms with Gasteiger partial charge >= 0.3 is 0 Å². The molecule has 5 nitrogen and oxygen atoms in total. The highest BCUT2D eigenvalue weighted by Crippen LogP contribution is 2.28. The minimum atomic E-state index is -4.00. The number of benzene rings is 1. The number of rotatable bonds is 3. The van der Waals surface area contributed by atoms with E-state index in [-0.39, 0.29) is 26.7 Å². The van der Waals surface area contributed by atoms with Crippen molar-refractivity contribution in [1.29, 1.82) is 5.26 Å². The van der Waals surface area contributed by atoms with Gasteiger partial charge in [0, 0.05) is 11.3 Å². The van der Waals surface area contributed by atoms with Crippen LogP contribution in [-0.4, -0.2) is 8.42 Å². The first-order valence-corrected chi connectivity index (χ1v) is 7.77. The zero-order valence-corrected chi connectivity index (χ0v) is 12.0. The van der Waals surface area contributed by atoms with Crippen LogP contribution in [0.4, 0.5) is 15.1 Å². The summed E-state index contributed by atoms with van der Waals surface area (Å²) in [7, 11) is -4.00. The predicted molar refractivity (Wildman–Crippen MR) is 75.4 cm³/mol. The van der Waals surface area contributed by atoms with Crippen molar-refractivity contribution in [3.63, 3.8) is 0 Å². The third-order valence-electron chi connectivity index (χ3n) is 2.62. The van der Waals surface area contributed by atoms with E-state index in [1.165, 1.54) is 19.1 Å². The number of sulfonamides is 1. The molecule has 0 aliphatic heterocycles. The van der Waals surface area contributed by atoms with Crippen molar-refractivity contribution < 1.29 is 12.8 Å². The van der Waals surface area contributed by atoms with Gasteiger partial charge in [-0.05, 0) is 30.5 Å². The van der Waals surface area contributed by atoms with Gasteiger partial charge in [-0.3, -0.25) is 4.72 Å². The number of nitrogen functional groups attached to an aromatic ring is 1. The maximum Gasteiger partial charge on any atom is 0.262 e. The fourth-order valence-corrected chi connectivity index (χ4v) is 3.96. The molecule has 0 aliphatic carbocycles. The second-order valence-electron chi connectivity index (χ2n) is 4.01. The monoisotopic (exact) mass is 311 g/mol. The van der Waals surface area contributed by atoms with E-state index < -0.39 is 15.8 Å². The Labute approximate surface area is 119 Å². The summed E-state index contributed by atoms with van der Waals surface area (Å²) < 4.78 is 40.4. The highest BCUT2D eigenvalue weighted by molar-refractivity contribution is 7.93. The highest BCUT2D eigenvalue weighted by atomic mass is 32.2. The van der Waals surface area contributed by atoms with E-state index in [1.807, 2.05) is 6.07 Å². The maximum absolute atomic E-state index is 13.6. The Hall–Kier alpha value is -2.11. The number of thiophene rings is 1. The van der Waals surface area contributed by atoms with E-state index in [0.717, 1.165) is 17.4 Å². The maximum atomic E-state index is 13.6. The van der Waals surface area contributed by atoms with Gasteiger partial charge in [-0.2, -0.15) is 5.26 Å². The van der Waals surface area contributed by atoms with Crippen molar-refractivity contribution in [1.82, 2.24) is 0 Å². The Kier molecular flexibility index (Phi) is 3.65. The minimum Gasteiger partial charge on any atom is -0.399 e. The SMILES string of the molecule is Cc1c(F)cc(N)cc1S(=O)(=O)Nc1sccc1C#N. The molecular formula is C12H10FN3O2S2. The lowest BCUT2D eigenvalue weighted by Crippen LogP contribution is -2.15. The average molecular weight is 311 g/mol. The Balaban J connectivity index is 2.50. The summed E-state index contributed by atoms with van der Waals surface area (Å²) >= 11 is 1.07. The van der Waals surface area contributed by atoms with Crippen molar-refractivity contribution in [3.8, 4) is 6.07 Å². The van der Waals surface area contributed by atoms with Gasteiger partial charge in [0.1, 0.15) is 16.9 Å². The van der Waals surface area contributed by atoms with Crippen LogP contribution in [0.2, 0.25) is 0 Å². The molecule has 1 aromatic carbocycles. The van der Waals surface area contributed by atoms with Crippen LogP contribution in [0.3, 0.4) is 0 Å². The third-order valence-corrected chi connectivity index (χ3v) is 5.06. The largest absolute Gasteiger partial charge is 0.399 e. The summed E-state index contributed by atoms with van der Waals surface area (Å²) in [6.45, 7) is 1.35. The number of nitriles is 1. The van der Waals surface area contributed by atoms with Crippen LogP contribution in [0, 0.1) is 24.1 Å². The molecule has 0 amide bonds. The molecule has 0 bridgehead atoms. The van der Waals surface area contributed by atoms with Crippen LogP contribution >= 0.6 is 11.3 Å². The smallest absolute Gasteiger partial charge is 0.262 e. The van der Waals surface area contributed by atoms with Crippen LogP contribution < -0.4 is 10.5 Å². The van der Waals surface area contributed by atoms with Gasteiger partial charge in [-0.25, -0.2) is 12.8 Å². The number of hydrogen-bond donors (Lipinski definition) is 2. The molecule has 2 rings (SSSR count). The molecule has 104 valence electrons. The molecular weight excluding hydrogens is 301 g/mol. The second kappa shape index (κ2) is 5.11. The number of nitrogens with zero attached hydrogens (tertiary/aromatic N) is 1. The molecule has 20 heavy (non-hydrogen) atoms. The standard InChI is InChI=1S/C12H10FN3O2S2/c1-7-10(13)4-9(15)5-11(7)20(17,18)16-12-8(6-14)2-3-19-12/h2-5,16H,15H2,1H3. The van der Waals surface area contributed by atoms with E-state index >= 15 is 0 Å². The van der Waals surface area contributed by atoms with Gasteiger partial charge in [0.15, 0.2) is 0 Å². The molecule has 0 spiro atoms. The number of nitrogens with one attached hydrogen (secondary N) is 1. The van der Waals surface area contributed by atoms with E-state index in [9.17, 15) is 12.8 Å². The number of halogens is 1. The highest BCUT2D eigenvalue weighted by Gasteiger charge is 2.21. The first kappa shape index (κ1) is 14.3. The summed E-state index contributed by atoms with van der Waals surface area (Å²) in [4.78, 5) is -0.243. The molecule has 0 radical (unpaired) electrons. The fraction of sp³-hybridized carbons (Fsp3) is 0.0833. The molecule has 0 fully saturated rings. The molecule has 3 N–H and O–H groups in total. The zero-order valence-electron chi connectivity index (χ0n) is 10.3. The van der Waals surface area contributed by atoms with Gasteiger partial charge in [-0.1, -0.05) is 0 Å². The summed E-state index contributed by atoms with van der Waals surface area (Å²) in [6, 6.07) is 5.60. The minimum absolute atomic E-state index is 0.0140. The first-order valence-electron chi connectivity index (χ1n) is 5.41. The molecule has 0 unspecified atom stereocenters. The summed E-state index contributed by atoms with van der Waals surface area (Å²) in [5.41, 5.74) is 5.67. The van der Waals surface area contributed by atoms with Gasteiger partial charge in [-0.15, -0.1) is 11.3 Å². The van der Waals surface area contributed by atoms with Crippen LogP contribution in [-0.2, 0) is 10.0 Å². The quantitative estimate of drug-likeness (QED) is 0.851. The van der Waals surface area contributed by atoms with Gasteiger partial charge in [0.05, 0.1) is 10.5 Å². The van der Waals surface area contributed by atoms with Crippen LogP contribution in [0.25, 0.3) is 0 Å². The van der Waals surface area contributed by atoms with E-state index in [2.05, 4.69) is 4.72 Å². The molecule has 1 aromatic heterocycles. The van der Waals surface area contributed by atoms with Gasteiger partial charge in [0.2, 0.25) is 0 Å². The topological polar surface area (TPSA) is 96.0 Å². The summed E-state index contributed by atoms with van der Waals surface area (Å²) in [6.07, 6.45) is 0. The fourth-order valence-electron chi connectivity index (χ4n) is 1.61. The van der Waals surface area contributed by atoms with Crippen molar-refractivity contribution >= 4 is 32.0 Å². The normalized spacial score (nSPS) is 11.1. The molecule has 0 aliphatic rings. The molecule has 2 aromatic rings. The number of hydrogen-bond acceptors (Lipinski definition) is 5. The van der Waals surface area contributed by atoms with Gasteiger partial charge < -0.3 is 5.73 Å². The lowest BCUT2D eigenvalue weighted by atomic mass is 10.2. The Morgan fingerprint density at radius 2 is 2.15 bits per heavy atom. The zero-order chi connectivity index (χ0) is 14.9. The molecule has 0 saturated carbocycles. The summed E-state index contributed by atoms with van der Waals surface area (Å²) in [5, 5.41) is 10.6. The Bertz CT molecular complexity index is 807. The van der Waals surface area contributed by atoms with Crippen molar-refractivity contribution in [2.45, 2.75) is 11.8 Å². The lowest BCUT2D eigenvalue weighted by molar-refractivity contribution is 0.591. The molecule has 8 heteroatoms. The molecule has 0 atom stereocenters. The van der Waals surface area contributed by atoms with E-state index in [1.54, 1.807) is 5.38 Å². The van der Waals surface area contributed by atoms with Crippen molar-refractivity contribution in [2.75, 3.05) is 10.5 Å². The first-order chi connectivity index (χ1) is 9.35.